The zero-order valence-corrected chi connectivity index (χ0v) is 15.2. The van der Waals surface area contributed by atoms with Gasteiger partial charge in [-0.15, -0.1) is 0 Å². The maximum absolute atomic E-state index is 12.3. The molecule has 0 bridgehead atoms. The number of nitrogens with one attached hydrogen (secondary N) is 1. The molecule has 0 unspecified atom stereocenters. The van der Waals surface area contributed by atoms with Gasteiger partial charge in [0.25, 0.3) is 0 Å². The average Bonchev–Trinajstić information content (AvgIpc) is 2.53. The van der Waals surface area contributed by atoms with E-state index >= 15 is 0 Å². The first-order valence-electron chi connectivity index (χ1n) is 7.49. The minimum Gasteiger partial charge on any atom is -0.494 e. The first kappa shape index (κ1) is 17.3. The normalized spacial score (nSPS) is 10.3. The van der Waals surface area contributed by atoms with Gasteiger partial charge in [0.2, 0.25) is 0 Å². The van der Waals surface area contributed by atoms with Crippen molar-refractivity contribution in [2.75, 3.05) is 19.0 Å². The summed E-state index contributed by atoms with van der Waals surface area (Å²) in [6.07, 6.45) is 0. The van der Waals surface area contributed by atoms with Crippen LogP contribution in [-0.4, -0.2) is 24.6 Å². The molecule has 1 N–H and O–H groups in total. The molecule has 0 atom stereocenters. The number of aryl methyl sites for hydroxylation is 1. The van der Waals surface area contributed by atoms with E-state index in [0.717, 1.165) is 27.0 Å². The second kappa shape index (κ2) is 8.02. The van der Waals surface area contributed by atoms with Crippen LogP contribution in [0.4, 0.5) is 10.5 Å². The van der Waals surface area contributed by atoms with Gasteiger partial charge in [-0.1, -0.05) is 28.1 Å². The van der Waals surface area contributed by atoms with E-state index in [-0.39, 0.29) is 6.03 Å². The Labute approximate surface area is 145 Å². The van der Waals surface area contributed by atoms with Gasteiger partial charge < -0.3 is 15.0 Å². The second-order valence-electron chi connectivity index (χ2n) is 5.33. The van der Waals surface area contributed by atoms with E-state index in [1.54, 1.807) is 11.9 Å². The summed E-state index contributed by atoms with van der Waals surface area (Å²) in [7, 11) is 1.78. The Bertz CT molecular complexity index is 671. The van der Waals surface area contributed by atoms with Crippen LogP contribution in [0, 0.1) is 6.92 Å². The van der Waals surface area contributed by atoms with Crippen LogP contribution in [0.15, 0.2) is 46.9 Å². The molecule has 0 radical (unpaired) electrons. The molecule has 0 aromatic heterocycles. The molecule has 2 rings (SSSR count). The SMILES string of the molecule is CCOc1ccc(CN(C)C(=O)Nc2ccc(Br)c(C)c2)cc1. The number of urea groups is 1. The highest BCUT2D eigenvalue weighted by Gasteiger charge is 2.10. The smallest absolute Gasteiger partial charge is 0.321 e. The number of hydrogen-bond acceptors (Lipinski definition) is 2. The predicted octanol–water partition coefficient (Wildman–Crippen LogP) is 4.82. The number of rotatable bonds is 5. The third-order valence-electron chi connectivity index (χ3n) is 3.41. The molecule has 0 aliphatic carbocycles. The molecule has 5 heteroatoms. The Balaban J connectivity index is 1.95. The predicted molar refractivity (Wildman–Crippen MR) is 97.0 cm³/mol. The van der Waals surface area contributed by atoms with E-state index in [9.17, 15) is 4.79 Å². The Kier molecular flexibility index (Phi) is 6.04. The standard InChI is InChI=1S/C18H21BrN2O2/c1-4-23-16-8-5-14(6-9-16)12-21(3)18(22)20-15-7-10-17(19)13(2)11-15/h5-11H,4,12H2,1-3H3,(H,20,22). The van der Waals surface area contributed by atoms with Crippen LogP contribution in [0.5, 0.6) is 5.75 Å². The molecule has 122 valence electrons. The lowest BCUT2D eigenvalue weighted by Crippen LogP contribution is -2.30. The molecule has 0 aliphatic rings. The van der Waals surface area contributed by atoms with Crippen molar-refractivity contribution in [1.29, 1.82) is 0 Å². The summed E-state index contributed by atoms with van der Waals surface area (Å²) < 4.78 is 6.44. The molecule has 0 saturated heterocycles. The summed E-state index contributed by atoms with van der Waals surface area (Å²) in [5.41, 5.74) is 2.92. The highest BCUT2D eigenvalue weighted by Crippen LogP contribution is 2.20. The summed E-state index contributed by atoms with van der Waals surface area (Å²) in [6, 6.07) is 13.4. The van der Waals surface area contributed by atoms with Gasteiger partial charge in [0.1, 0.15) is 5.75 Å². The number of halogens is 1. The molecule has 23 heavy (non-hydrogen) atoms. The van der Waals surface area contributed by atoms with E-state index in [1.807, 2.05) is 56.3 Å². The molecule has 4 nitrogen and oxygen atoms in total. The Morgan fingerprint density at radius 2 is 1.91 bits per heavy atom. The number of carbonyl (C=O) groups excluding carboxylic acids is 1. The van der Waals surface area contributed by atoms with Crippen LogP contribution in [0.25, 0.3) is 0 Å². The van der Waals surface area contributed by atoms with Crippen molar-refractivity contribution in [1.82, 2.24) is 4.90 Å². The zero-order chi connectivity index (χ0) is 16.8. The van der Waals surface area contributed by atoms with Crippen molar-refractivity contribution >= 4 is 27.6 Å². The maximum Gasteiger partial charge on any atom is 0.321 e. The molecule has 0 heterocycles. The average molecular weight is 377 g/mol. The highest BCUT2D eigenvalue weighted by molar-refractivity contribution is 9.10. The maximum atomic E-state index is 12.3. The van der Waals surface area contributed by atoms with E-state index in [2.05, 4.69) is 21.2 Å². The third-order valence-corrected chi connectivity index (χ3v) is 4.30. The van der Waals surface area contributed by atoms with Crippen molar-refractivity contribution in [2.45, 2.75) is 20.4 Å². The first-order valence-corrected chi connectivity index (χ1v) is 8.29. The summed E-state index contributed by atoms with van der Waals surface area (Å²) in [5, 5.41) is 2.90. The highest BCUT2D eigenvalue weighted by atomic mass is 79.9. The number of nitrogens with zero attached hydrogens (tertiary/aromatic N) is 1. The van der Waals surface area contributed by atoms with Gasteiger partial charge in [-0.2, -0.15) is 0 Å². The number of anilines is 1. The van der Waals surface area contributed by atoms with Gasteiger partial charge >= 0.3 is 6.03 Å². The number of carbonyl (C=O) groups is 1. The summed E-state index contributed by atoms with van der Waals surface area (Å²) in [5.74, 6) is 0.841. The molecule has 0 spiro atoms. The topological polar surface area (TPSA) is 41.6 Å². The van der Waals surface area contributed by atoms with Crippen molar-refractivity contribution in [3.05, 3.63) is 58.1 Å². The number of benzene rings is 2. The summed E-state index contributed by atoms with van der Waals surface area (Å²) in [4.78, 5) is 13.9. The zero-order valence-electron chi connectivity index (χ0n) is 13.6. The largest absolute Gasteiger partial charge is 0.494 e. The lowest BCUT2D eigenvalue weighted by Gasteiger charge is -2.18. The fraction of sp³-hybridized carbons (Fsp3) is 0.278. The summed E-state index contributed by atoms with van der Waals surface area (Å²) >= 11 is 3.45. The third kappa shape index (κ3) is 4.99. The van der Waals surface area contributed by atoms with Crippen molar-refractivity contribution in [2.24, 2.45) is 0 Å². The first-order chi connectivity index (χ1) is 11.0. The minimum atomic E-state index is -0.138. The molecular weight excluding hydrogens is 356 g/mol. The molecule has 2 amide bonds. The second-order valence-corrected chi connectivity index (χ2v) is 6.18. The van der Waals surface area contributed by atoms with Gasteiger partial charge in [-0.25, -0.2) is 4.79 Å². The van der Waals surface area contributed by atoms with E-state index in [1.165, 1.54) is 0 Å². The van der Waals surface area contributed by atoms with Crippen LogP contribution in [0.1, 0.15) is 18.1 Å². The van der Waals surface area contributed by atoms with E-state index in [4.69, 9.17) is 4.74 Å². The Hall–Kier alpha value is -2.01. The van der Waals surface area contributed by atoms with Crippen LogP contribution >= 0.6 is 15.9 Å². The van der Waals surface area contributed by atoms with Gasteiger partial charge in [-0.05, 0) is 55.3 Å². The Morgan fingerprint density at radius 1 is 1.22 bits per heavy atom. The lowest BCUT2D eigenvalue weighted by molar-refractivity contribution is 0.220. The molecule has 0 fully saturated rings. The monoisotopic (exact) mass is 376 g/mol. The fourth-order valence-electron chi connectivity index (χ4n) is 2.14. The molecular formula is C18H21BrN2O2. The van der Waals surface area contributed by atoms with Crippen LogP contribution in [0.3, 0.4) is 0 Å². The van der Waals surface area contributed by atoms with Gasteiger partial charge in [0.15, 0.2) is 0 Å². The van der Waals surface area contributed by atoms with Crippen molar-refractivity contribution in [3.63, 3.8) is 0 Å². The lowest BCUT2D eigenvalue weighted by atomic mass is 10.2. The molecule has 2 aromatic rings. The van der Waals surface area contributed by atoms with E-state index < -0.39 is 0 Å². The molecule has 2 aromatic carbocycles. The quantitative estimate of drug-likeness (QED) is 0.812. The fourth-order valence-corrected chi connectivity index (χ4v) is 2.39. The van der Waals surface area contributed by atoms with Crippen molar-refractivity contribution in [3.8, 4) is 5.75 Å². The Morgan fingerprint density at radius 3 is 2.52 bits per heavy atom. The number of hydrogen-bond donors (Lipinski definition) is 1. The minimum absolute atomic E-state index is 0.138. The molecule has 0 aliphatic heterocycles. The molecule has 0 saturated carbocycles. The van der Waals surface area contributed by atoms with Crippen LogP contribution in [-0.2, 0) is 6.54 Å². The van der Waals surface area contributed by atoms with Gasteiger partial charge in [0, 0.05) is 23.8 Å². The van der Waals surface area contributed by atoms with Gasteiger partial charge in [0.05, 0.1) is 6.61 Å². The summed E-state index contributed by atoms with van der Waals surface area (Å²) in [6.45, 7) is 5.13. The van der Waals surface area contributed by atoms with Crippen LogP contribution in [0.2, 0.25) is 0 Å². The van der Waals surface area contributed by atoms with Gasteiger partial charge in [-0.3, -0.25) is 0 Å². The van der Waals surface area contributed by atoms with E-state index in [0.29, 0.717) is 13.2 Å². The van der Waals surface area contributed by atoms with Crippen molar-refractivity contribution < 1.29 is 9.53 Å². The number of amides is 2. The van der Waals surface area contributed by atoms with Crippen LogP contribution < -0.4 is 10.1 Å². The number of ether oxygens (including phenoxy) is 1.